The van der Waals surface area contributed by atoms with Gasteiger partial charge in [-0.3, -0.25) is 4.98 Å². The van der Waals surface area contributed by atoms with Crippen molar-refractivity contribution in [2.75, 3.05) is 11.1 Å². The first-order chi connectivity index (χ1) is 11.8. The lowest BCUT2D eigenvalue weighted by atomic mass is 10.2. The maximum absolute atomic E-state index is 4.47. The van der Waals surface area contributed by atoms with Crippen molar-refractivity contribution >= 4 is 55.6 Å². The summed E-state index contributed by atoms with van der Waals surface area (Å²) in [5.74, 6) is 0.898. The van der Waals surface area contributed by atoms with Crippen molar-refractivity contribution < 1.29 is 0 Å². The quantitative estimate of drug-likeness (QED) is 0.361. The number of anilines is 2. The first-order valence-corrected chi connectivity index (χ1v) is 9.43. The predicted molar refractivity (Wildman–Crippen MR) is 106 cm³/mol. The summed E-state index contributed by atoms with van der Waals surface area (Å²) < 4.78 is 1.20. The monoisotopic (exact) mass is 349 g/mol. The molecule has 2 heterocycles. The molecule has 0 spiro atoms. The Labute approximate surface area is 148 Å². The largest absolute Gasteiger partial charge is 0.355 e. The van der Waals surface area contributed by atoms with Crippen LogP contribution >= 0.6 is 23.1 Å². The van der Waals surface area contributed by atoms with Crippen LogP contribution in [0.25, 0.3) is 21.1 Å². The molecule has 0 radical (unpaired) electrons. The van der Waals surface area contributed by atoms with Gasteiger partial charge in [0, 0.05) is 33.6 Å². The van der Waals surface area contributed by atoms with Crippen LogP contribution in [-0.2, 0) is 0 Å². The molecule has 0 bridgehead atoms. The minimum atomic E-state index is 0.898. The van der Waals surface area contributed by atoms with Gasteiger partial charge in [0.1, 0.15) is 0 Å². The van der Waals surface area contributed by atoms with Crippen LogP contribution in [0.5, 0.6) is 0 Å². The van der Waals surface area contributed by atoms with Crippen LogP contribution in [0.1, 0.15) is 0 Å². The Kier molecular flexibility index (Phi) is 4.19. The Balaban J connectivity index is 1.72. The second-order valence-corrected chi connectivity index (χ2v) is 7.28. The van der Waals surface area contributed by atoms with Crippen molar-refractivity contribution in [2.24, 2.45) is 0 Å². The predicted octanol–water partition coefficient (Wildman–Crippen LogP) is 5.87. The Bertz CT molecular complexity index is 1020. The average molecular weight is 349 g/mol. The highest BCUT2D eigenvalue weighted by molar-refractivity contribution is 7.99. The van der Waals surface area contributed by atoms with Gasteiger partial charge >= 0.3 is 0 Å². The van der Waals surface area contributed by atoms with Crippen LogP contribution in [0.3, 0.4) is 0 Å². The minimum absolute atomic E-state index is 0.898. The number of thioether (sulfide) groups is 1. The molecule has 0 fully saturated rings. The summed E-state index contributed by atoms with van der Waals surface area (Å²) in [4.78, 5) is 10.1. The van der Waals surface area contributed by atoms with E-state index in [2.05, 4.69) is 58.3 Å². The SMILES string of the molecule is C=CCSc1ccc2nccc(Nc3ccc4scnc4c3)c2c1. The number of hydrogen-bond donors (Lipinski definition) is 1. The number of aromatic nitrogens is 2. The standard InChI is InChI=1S/C19H15N3S2/c1-2-9-23-14-4-5-16-15(11-14)17(7-8-20-16)22-13-3-6-19-18(10-13)21-12-24-19/h2-8,10-12H,1,9H2,(H,20,22). The fourth-order valence-corrected chi connectivity index (χ4v) is 3.90. The fraction of sp³-hybridized carbons (Fsp3) is 0.0526. The number of nitrogens with zero attached hydrogens (tertiary/aromatic N) is 2. The lowest BCUT2D eigenvalue weighted by molar-refractivity contribution is 1.38. The van der Waals surface area contributed by atoms with Crippen LogP contribution in [-0.4, -0.2) is 15.7 Å². The molecule has 0 aliphatic rings. The molecular formula is C19H15N3S2. The van der Waals surface area contributed by atoms with Gasteiger partial charge in [0.15, 0.2) is 0 Å². The van der Waals surface area contributed by atoms with Gasteiger partial charge < -0.3 is 5.32 Å². The van der Waals surface area contributed by atoms with E-state index in [0.29, 0.717) is 0 Å². The first-order valence-electron chi connectivity index (χ1n) is 7.56. The molecule has 2 aromatic carbocycles. The molecule has 118 valence electrons. The van der Waals surface area contributed by atoms with Crippen LogP contribution < -0.4 is 5.32 Å². The molecule has 4 aromatic rings. The van der Waals surface area contributed by atoms with Gasteiger partial charge in [-0.05, 0) is 42.5 Å². The summed E-state index contributed by atoms with van der Waals surface area (Å²) in [6.45, 7) is 3.78. The molecule has 0 atom stereocenters. The first kappa shape index (κ1) is 15.2. The van der Waals surface area contributed by atoms with Crippen molar-refractivity contribution in [1.29, 1.82) is 0 Å². The average Bonchev–Trinajstić information content (AvgIpc) is 3.08. The van der Waals surface area contributed by atoms with E-state index in [9.17, 15) is 0 Å². The lowest BCUT2D eigenvalue weighted by Gasteiger charge is -2.10. The summed E-state index contributed by atoms with van der Waals surface area (Å²) in [7, 11) is 0. The number of thiazole rings is 1. The van der Waals surface area contributed by atoms with E-state index in [1.165, 1.54) is 9.60 Å². The van der Waals surface area contributed by atoms with Gasteiger partial charge in [0.05, 0.1) is 21.2 Å². The number of rotatable bonds is 5. The number of benzene rings is 2. The normalized spacial score (nSPS) is 11.0. The highest BCUT2D eigenvalue weighted by Crippen LogP contribution is 2.30. The third-order valence-electron chi connectivity index (χ3n) is 3.69. The molecule has 4 rings (SSSR count). The molecular weight excluding hydrogens is 334 g/mol. The van der Waals surface area contributed by atoms with Crippen molar-refractivity contribution in [3.05, 3.63) is 66.8 Å². The molecule has 0 unspecified atom stereocenters. The molecule has 0 aliphatic heterocycles. The summed E-state index contributed by atoms with van der Waals surface area (Å²) in [5.41, 5.74) is 5.96. The highest BCUT2D eigenvalue weighted by Gasteiger charge is 2.05. The Hall–Kier alpha value is -2.37. The van der Waals surface area contributed by atoms with Crippen LogP contribution in [0.4, 0.5) is 11.4 Å². The highest BCUT2D eigenvalue weighted by atomic mass is 32.2. The van der Waals surface area contributed by atoms with E-state index < -0.39 is 0 Å². The van der Waals surface area contributed by atoms with Gasteiger partial charge in [0.2, 0.25) is 0 Å². The zero-order valence-electron chi connectivity index (χ0n) is 12.9. The van der Waals surface area contributed by atoms with Gasteiger partial charge in [0.25, 0.3) is 0 Å². The number of pyridine rings is 1. The van der Waals surface area contributed by atoms with E-state index in [1.807, 2.05) is 23.8 Å². The zero-order chi connectivity index (χ0) is 16.4. The molecule has 5 heteroatoms. The maximum Gasteiger partial charge on any atom is 0.0832 e. The molecule has 2 aromatic heterocycles. The van der Waals surface area contributed by atoms with E-state index >= 15 is 0 Å². The van der Waals surface area contributed by atoms with E-state index in [4.69, 9.17) is 0 Å². The smallest absolute Gasteiger partial charge is 0.0832 e. The van der Waals surface area contributed by atoms with Crippen LogP contribution in [0.2, 0.25) is 0 Å². The van der Waals surface area contributed by atoms with Gasteiger partial charge in [-0.2, -0.15) is 0 Å². The molecule has 1 N–H and O–H groups in total. The van der Waals surface area contributed by atoms with Crippen LogP contribution in [0.15, 0.2) is 71.7 Å². The Morgan fingerprint density at radius 3 is 2.96 bits per heavy atom. The van der Waals surface area contributed by atoms with Gasteiger partial charge in [-0.1, -0.05) is 6.08 Å². The summed E-state index contributed by atoms with van der Waals surface area (Å²) >= 11 is 3.43. The van der Waals surface area contributed by atoms with E-state index in [-0.39, 0.29) is 0 Å². The fourth-order valence-electron chi connectivity index (χ4n) is 2.57. The molecule has 0 aliphatic carbocycles. The van der Waals surface area contributed by atoms with Crippen molar-refractivity contribution in [1.82, 2.24) is 9.97 Å². The molecule has 0 amide bonds. The second kappa shape index (κ2) is 6.63. The lowest BCUT2D eigenvalue weighted by Crippen LogP contribution is -1.93. The maximum atomic E-state index is 4.47. The van der Waals surface area contributed by atoms with Crippen molar-refractivity contribution in [3.63, 3.8) is 0 Å². The minimum Gasteiger partial charge on any atom is -0.355 e. The Morgan fingerprint density at radius 2 is 2.04 bits per heavy atom. The van der Waals surface area contributed by atoms with Crippen LogP contribution in [0, 0.1) is 0 Å². The van der Waals surface area contributed by atoms with Gasteiger partial charge in [-0.15, -0.1) is 29.7 Å². The van der Waals surface area contributed by atoms with E-state index in [1.54, 1.807) is 23.1 Å². The summed E-state index contributed by atoms with van der Waals surface area (Å²) in [6.07, 6.45) is 3.75. The molecule has 0 saturated carbocycles. The summed E-state index contributed by atoms with van der Waals surface area (Å²) in [6, 6.07) is 14.6. The number of hydrogen-bond acceptors (Lipinski definition) is 5. The van der Waals surface area contributed by atoms with Crippen molar-refractivity contribution in [2.45, 2.75) is 4.90 Å². The third kappa shape index (κ3) is 3.00. The second-order valence-electron chi connectivity index (χ2n) is 5.30. The number of fused-ring (bicyclic) bond motifs is 2. The molecule has 24 heavy (non-hydrogen) atoms. The molecule has 0 saturated heterocycles. The molecule has 3 nitrogen and oxygen atoms in total. The topological polar surface area (TPSA) is 37.8 Å². The summed E-state index contributed by atoms with van der Waals surface area (Å²) in [5, 5.41) is 4.62. The van der Waals surface area contributed by atoms with Gasteiger partial charge in [-0.25, -0.2) is 4.98 Å². The zero-order valence-corrected chi connectivity index (χ0v) is 14.5. The van der Waals surface area contributed by atoms with Crippen molar-refractivity contribution in [3.8, 4) is 0 Å². The van der Waals surface area contributed by atoms with E-state index in [0.717, 1.165) is 33.5 Å². The third-order valence-corrected chi connectivity index (χ3v) is 5.49. The Morgan fingerprint density at radius 1 is 1.08 bits per heavy atom. The number of nitrogens with one attached hydrogen (secondary N) is 1.